The van der Waals surface area contributed by atoms with E-state index in [0.29, 0.717) is 6.04 Å². The van der Waals surface area contributed by atoms with E-state index in [1.54, 1.807) is 0 Å². The van der Waals surface area contributed by atoms with Crippen molar-refractivity contribution in [1.29, 1.82) is 0 Å². The number of benzene rings is 1. The zero-order valence-corrected chi connectivity index (χ0v) is 12.5. The van der Waals surface area contributed by atoms with Gasteiger partial charge in [-0.15, -0.1) is 0 Å². The summed E-state index contributed by atoms with van der Waals surface area (Å²) < 4.78 is 5.57. The molecule has 2 bridgehead atoms. The maximum Gasteiger partial charge on any atom is 0.0719 e. The smallest absolute Gasteiger partial charge is 0.0719 e. The summed E-state index contributed by atoms with van der Waals surface area (Å²) in [6.07, 6.45) is 2.75. The highest BCUT2D eigenvalue weighted by Crippen LogP contribution is 2.27. The van der Waals surface area contributed by atoms with Crippen LogP contribution in [0.3, 0.4) is 0 Å². The summed E-state index contributed by atoms with van der Waals surface area (Å²) in [6, 6.07) is 9.32. The molecule has 3 heterocycles. The van der Waals surface area contributed by atoms with Crippen LogP contribution in [0.15, 0.2) is 24.3 Å². The molecular weight excluding hydrogens is 248 g/mol. The minimum atomic E-state index is 0.678. The Morgan fingerprint density at radius 1 is 1.20 bits per heavy atom. The first kappa shape index (κ1) is 14.1. The number of nitrogens with one attached hydrogen (secondary N) is 1. The summed E-state index contributed by atoms with van der Waals surface area (Å²) >= 11 is 0. The quantitative estimate of drug-likeness (QED) is 0.862. The molecule has 110 valence electrons. The number of piperidine rings is 3. The van der Waals surface area contributed by atoms with Gasteiger partial charge in [0.05, 0.1) is 6.61 Å². The Hall–Kier alpha value is -0.900. The van der Waals surface area contributed by atoms with Gasteiger partial charge in [-0.1, -0.05) is 24.3 Å². The molecule has 0 amide bonds. The van der Waals surface area contributed by atoms with Crippen LogP contribution >= 0.6 is 0 Å². The second-order valence-electron chi connectivity index (χ2n) is 6.03. The number of rotatable bonds is 6. The molecule has 4 rings (SSSR count). The summed E-state index contributed by atoms with van der Waals surface area (Å²) in [7, 11) is 0. The van der Waals surface area contributed by atoms with Crippen molar-refractivity contribution >= 4 is 0 Å². The lowest BCUT2D eigenvalue weighted by molar-refractivity contribution is 0.0718. The van der Waals surface area contributed by atoms with Crippen molar-refractivity contribution in [3.05, 3.63) is 35.4 Å². The predicted molar refractivity (Wildman–Crippen MR) is 81.6 cm³/mol. The molecule has 0 radical (unpaired) electrons. The first-order valence-electron chi connectivity index (χ1n) is 7.97. The van der Waals surface area contributed by atoms with E-state index in [1.807, 2.05) is 6.92 Å². The van der Waals surface area contributed by atoms with Gasteiger partial charge >= 0.3 is 0 Å². The van der Waals surface area contributed by atoms with Crippen molar-refractivity contribution < 1.29 is 4.74 Å². The summed E-state index contributed by atoms with van der Waals surface area (Å²) in [6.45, 7) is 8.38. The van der Waals surface area contributed by atoms with Crippen LogP contribution in [0.4, 0.5) is 0 Å². The van der Waals surface area contributed by atoms with Gasteiger partial charge in [0.1, 0.15) is 0 Å². The molecule has 0 aromatic heterocycles. The lowest BCUT2D eigenvalue weighted by Crippen LogP contribution is -2.55. The molecular formula is C17H26N2O. The monoisotopic (exact) mass is 274 g/mol. The Bertz CT molecular complexity index is 427. The average molecular weight is 274 g/mol. The van der Waals surface area contributed by atoms with E-state index in [4.69, 9.17) is 4.74 Å². The molecule has 0 saturated carbocycles. The third-order valence-electron chi connectivity index (χ3n) is 4.79. The van der Waals surface area contributed by atoms with Crippen LogP contribution in [0.2, 0.25) is 0 Å². The predicted octanol–water partition coefficient (Wildman–Crippen LogP) is 2.41. The van der Waals surface area contributed by atoms with Gasteiger partial charge < -0.3 is 15.0 Å². The van der Waals surface area contributed by atoms with E-state index in [1.165, 1.54) is 43.6 Å². The maximum atomic E-state index is 5.57. The SMILES string of the molecule is CCOCc1ccccc1CNC1CN2CCC1CC2. The number of hydrogen-bond acceptors (Lipinski definition) is 3. The molecule has 1 N–H and O–H groups in total. The largest absolute Gasteiger partial charge is 0.377 e. The normalized spacial score (nSPS) is 28.8. The Labute approximate surface area is 122 Å². The van der Waals surface area contributed by atoms with Crippen molar-refractivity contribution in [1.82, 2.24) is 10.2 Å². The summed E-state index contributed by atoms with van der Waals surface area (Å²) in [5.41, 5.74) is 2.71. The van der Waals surface area contributed by atoms with E-state index in [-0.39, 0.29) is 0 Å². The molecule has 3 heteroatoms. The van der Waals surface area contributed by atoms with Crippen molar-refractivity contribution in [2.24, 2.45) is 5.92 Å². The first-order chi connectivity index (χ1) is 9.86. The molecule has 20 heavy (non-hydrogen) atoms. The molecule has 3 aliphatic rings. The molecule has 1 unspecified atom stereocenters. The lowest BCUT2D eigenvalue weighted by atomic mass is 9.84. The Morgan fingerprint density at radius 3 is 2.60 bits per heavy atom. The average Bonchev–Trinajstić information content (AvgIpc) is 2.53. The van der Waals surface area contributed by atoms with Gasteiger partial charge in [0.15, 0.2) is 0 Å². The van der Waals surface area contributed by atoms with E-state index in [0.717, 1.165) is 25.7 Å². The fraction of sp³-hybridized carbons (Fsp3) is 0.647. The third kappa shape index (κ3) is 3.22. The third-order valence-corrected chi connectivity index (χ3v) is 4.79. The molecule has 3 nitrogen and oxygen atoms in total. The topological polar surface area (TPSA) is 24.5 Å². The summed E-state index contributed by atoms with van der Waals surface area (Å²) in [4.78, 5) is 2.60. The minimum absolute atomic E-state index is 0.678. The van der Waals surface area contributed by atoms with E-state index in [9.17, 15) is 0 Å². The Kier molecular flexibility index (Phi) is 4.71. The van der Waals surface area contributed by atoms with Gasteiger partial charge in [0.2, 0.25) is 0 Å². The zero-order valence-electron chi connectivity index (χ0n) is 12.5. The number of hydrogen-bond donors (Lipinski definition) is 1. The van der Waals surface area contributed by atoms with Gasteiger partial charge in [0.25, 0.3) is 0 Å². The molecule has 0 aliphatic carbocycles. The summed E-state index contributed by atoms with van der Waals surface area (Å²) in [5.74, 6) is 0.888. The highest BCUT2D eigenvalue weighted by molar-refractivity contribution is 5.26. The highest BCUT2D eigenvalue weighted by Gasteiger charge is 2.33. The lowest BCUT2D eigenvalue weighted by Gasteiger charge is -2.45. The number of nitrogens with zero attached hydrogens (tertiary/aromatic N) is 1. The fourth-order valence-corrected chi connectivity index (χ4v) is 3.52. The van der Waals surface area contributed by atoms with Crippen LogP contribution in [0, 0.1) is 5.92 Å². The van der Waals surface area contributed by atoms with Crippen LogP contribution in [-0.4, -0.2) is 37.2 Å². The Morgan fingerprint density at radius 2 is 1.95 bits per heavy atom. The van der Waals surface area contributed by atoms with Crippen LogP contribution in [-0.2, 0) is 17.9 Å². The van der Waals surface area contributed by atoms with Gasteiger partial charge in [-0.2, -0.15) is 0 Å². The fourth-order valence-electron chi connectivity index (χ4n) is 3.52. The van der Waals surface area contributed by atoms with E-state index in [2.05, 4.69) is 34.5 Å². The van der Waals surface area contributed by atoms with Gasteiger partial charge in [-0.05, 0) is 49.9 Å². The van der Waals surface area contributed by atoms with E-state index >= 15 is 0 Å². The van der Waals surface area contributed by atoms with Crippen LogP contribution in [0.5, 0.6) is 0 Å². The van der Waals surface area contributed by atoms with Crippen molar-refractivity contribution in [2.45, 2.75) is 39.0 Å². The van der Waals surface area contributed by atoms with Crippen molar-refractivity contribution in [2.75, 3.05) is 26.2 Å². The van der Waals surface area contributed by atoms with Crippen LogP contribution in [0.1, 0.15) is 30.9 Å². The minimum Gasteiger partial charge on any atom is -0.377 e. The first-order valence-corrected chi connectivity index (χ1v) is 7.97. The number of fused-ring (bicyclic) bond motifs is 3. The van der Waals surface area contributed by atoms with Gasteiger partial charge in [-0.25, -0.2) is 0 Å². The van der Waals surface area contributed by atoms with Crippen LogP contribution < -0.4 is 5.32 Å². The van der Waals surface area contributed by atoms with Crippen molar-refractivity contribution in [3.63, 3.8) is 0 Å². The zero-order chi connectivity index (χ0) is 13.8. The van der Waals surface area contributed by atoms with Gasteiger partial charge in [0, 0.05) is 25.7 Å². The summed E-state index contributed by atoms with van der Waals surface area (Å²) in [5, 5.41) is 3.79. The molecule has 3 fully saturated rings. The maximum absolute atomic E-state index is 5.57. The molecule has 1 aromatic rings. The van der Waals surface area contributed by atoms with Crippen molar-refractivity contribution in [3.8, 4) is 0 Å². The molecule has 1 atom stereocenters. The van der Waals surface area contributed by atoms with E-state index < -0.39 is 0 Å². The Balaban J connectivity index is 1.58. The van der Waals surface area contributed by atoms with Crippen LogP contribution in [0.25, 0.3) is 0 Å². The highest BCUT2D eigenvalue weighted by atomic mass is 16.5. The molecule has 3 aliphatic heterocycles. The molecule has 3 saturated heterocycles. The molecule has 0 spiro atoms. The second-order valence-corrected chi connectivity index (χ2v) is 6.03. The molecule has 1 aromatic carbocycles. The second kappa shape index (κ2) is 6.70. The van der Waals surface area contributed by atoms with Gasteiger partial charge in [-0.3, -0.25) is 0 Å². The standard InChI is InChI=1S/C17H26N2O/c1-2-20-13-16-6-4-3-5-15(16)11-18-17-12-19-9-7-14(17)8-10-19/h3-6,14,17-18H,2,7-13H2,1H3. The number of ether oxygens (including phenoxy) is 1.